The molecule has 0 aliphatic carbocycles. The maximum absolute atomic E-state index is 5.76. The van der Waals surface area contributed by atoms with E-state index >= 15 is 0 Å². The first-order valence-electron chi connectivity index (χ1n) is 4.22. The van der Waals surface area contributed by atoms with Gasteiger partial charge in [-0.3, -0.25) is 0 Å². The Morgan fingerprint density at radius 1 is 1.50 bits per heavy atom. The summed E-state index contributed by atoms with van der Waals surface area (Å²) in [4.78, 5) is 0. The summed E-state index contributed by atoms with van der Waals surface area (Å²) in [6.07, 6.45) is 2.15. The van der Waals surface area contributed by atoms with E-state index in [2.05, 4.69) is 6.58 Å². The van der Waals surface area contributed by atoms with Crippen LogP contribution in [0.5, 0.6) is 0 Å². The molecule has 0 amide bonds. The second-order valence-electron chi connectivity index (χ2n) is 3.67. The van der Waals surface area contributed by atoms with Gasteiger partial charge in [0.2, 0.25) is 0 Å². The molecule has 0 saturated carbocycles. The second kappa shape index (κ2) is 2.76. The van der Waals surface area contributed by atoms with Crippen LogP contribution in [-0.2, 0) is 9.47 Å². The Kier molecular flexibility index (Phi) is 1.97. The molecule has 12 heavy (non-hydrogen) atoms. The van der Waals surface area contributed by atoms with E-state index in [1.165, 1.54) is 5.75 Å². The van der Waals surface area contributed by atoms with Gasteiger partial charge in [-0.1, -0.05) is 6.08 Å². The normalized spacial score (nSPS) is 44.3. The van der Waals surface area contributed by atoms with E-state index in [4.69, 9.17) is 9.47 Å². The number of hydrogen-bond acceptors (Lipinski definition) is 3. The number of thioether (sulfide) groups is 1. The van der Waals surface area contributed by atoms with Crippen molar-refractivity contribution >= 4 is 11.8 Å². The van der Waals surface area contributed by atoms with Gasteiger partial charge in [0, 0.05) is 11.0 Å². The van der Waals surface area contributed by atoms with Crippen LogP contribution in [0.15, 0.2) is 12.7 Å². The van der Waals surface area contributed by atoms with Crippen LogP contribution >= 0.6 is 11.8 Å². The third kappa shape index (κ3) is 1.53. The minimum atomic E-state index is -0.424. The average Bonchev–Trinajstić information content (AvgIpc) is 2.76. The molecule has 0 spiro atoms. The van der Waals surface area contributed by atoms with E-state index < -0.39 is 5.79 Å². The van der Waals surface area contributed by atoms with E-state index in [1.54, 1.807) is 0 Å². The Morgan fingerprint density at radius 3 is 2.67 bits per heavy atom. The highest BCUT2D eigenvalue weighted by molar-refractivity contribution is 8.06. The minimum absolute atomic E-state index is 0.0833. The number of hydrogen-bond donors (Lipinski definition) is 0. The fourth-order valence-corrected chi connectivity index (χ4v) is 2.23. The lowest BCUT2D eigenvalue weighted by Crippen LogP contribution is -2.25. The molecular weight excluding hydrogens is 172 g/mol. The number of rotatable bonds is 2. The molecule has 2 fully saturated rings. The van der Waals surface area contributed by atoms with Gasteiger partial charge < -0.3 is 9.47 Å². The summed E-state index contributed by atoms with van der Waals surface area (Å²) in [5.74, 6) is 0.779. The van der Waals surface area contributed by atoms with Crippen molar-refractivity contribution in [3.8, 4) is 0 Å². The standard InChI is InChI=1S/C9H14O2S/c1-4-6-8(7-5-12-7)11-9(2,3)10-6/h4,6-8H,1,5H2,2-3H3/t6-,7?,8-/m1/s1. The molecule has 0 bridgehead atoms. The predicted molar refractivity (Wildman–Crippen MR) is 50.3 cm³/mol. The van der Waals surface area contributed by atoms with Gasteiger partial charge >= 0.3 is 0 Å². The summed E-state index contributed by atoms with van der Waals surface area (Å²) in [5.41, 5.74) is 0. The summed E-state index contributed by atoms with van der Waals surface area (Å²) in [6.45, 7) is 7.66. The van der Waals surface area contributed by atoms with Gasteiger partial charge in [-0.05, 0) is 13.8 Å². The van der Waals surface area contributed by atoms with E-state index in [-0.39, 0.29) is 12.2 Å². The molecule has 68 valence electrons. The van der Waals surface area contributed by atoms with Crippen molar-refractivity contribution in [3.05, 3.63) is 12.7 Å². The molecule has 3 heteroatoms. The zero-order chi connectivity index (χ0) is 8.77. The molecule has 0 aromatic rings. The lowest BCUT2D eigenvalue weighted by atomic mass is 10.1. The molecule has 2 saturated heterocycles. The minimum Gasteiger partial charge on any atom is -0.343 e. The van der Waals surface area contributed by atoms with E-state index in [1.807, 2.05) is 31.7 Å². The molecule has 0 aromatic carbocycles. The van der Waals surface area contributed by atoms with Crippen molar-refractivity contribution in [2.24, 2.45) is 0 Å². The topological polar surface area (TPSA) is 18.5 Å². The molecule has 0 N–H and O–H groups in total. The summed E-state index contributed by atoms with van der Waals surface area (Å²) in [6, 6.07) is 0. The summed E-state index contributed by atoms with van der Waals surface area (Å²) in [7, 11) is 0. The third-order valence-electron chi connectivity index (χ3n) is 2.12. The van der Waals surface area contributed by atoms with Crippen molar-refractivity contribution in [1.29, 1.82) is 0 Å². The molecule has 2 aliphatic heterocycles. The fraction of sp³-hybridized carbons (Fsp3) is 0.778. The predicted octanol–water partition coefficient (Wildman–Crippen LogP) is 1.81. The van der Waals surface area contributed by atoms with Crippen LogP contribution in [0, 0.1) is 0 Å². The molecular formula is C9H14O2S. The van der Waals surface area contributed by atoms with Gasteiger partial charge in [0.05, 0.1) is 0 Å². The van der Waals surface area contributed by atoms with Crippen LogP contribution in [0.4, 0.5) is 0 Å². The first-order chi connectivity index (χ1) is 5.62. The quantitative estimate of drug-likeness (QED) is 0.484. The Bertz CT molecular complexity index is 199. The maximum atomic E-state index is 5.76. The van der Waals surface area contributed by atoms with Crippen LogP contribution in [0.25, 0.3) is 0 Å². The van der Waals surface area contributed by atoms with Crippen LogP contribution in [0.3, 0.4) is 0 Å². The van der Waals surface area contributed by atoms with Gasteiger partial charge in [-0.25, -0.2) is 0 Å². The molecule has 2 aliphatic rings. The molecule has 0 aromatic heterocycles. The van der Waals surface area contributed by atoms with Crippen LogP contribution in [-0.4, -0.2) is 29.0 Å². The zero-order valence-corrected chi connectivity index (χ0v) is 8.26. The molecule has 3 atom stereocenters. The molecule has 1 unspecified atom stereocenters. The fourth-order valence-electron chi connectivity index (χ4n) is 1.53. The van der Waals surface area contributed by atoms with Gasteiger partial charge in [0.15, 0.2) is 5.79 Å². The lowest BCUT2D eigenvalue weighted by Gasteiger charge is -2.16. The first-order valence-corrected chi connectivity index (χ1v) is 5.27. The van der Waals surface area contributed by atoms with Crippen molar-refractivity contribution in [2.45, 2.75) is 37.1 Å². The largest absolute Gasteiger partial charge is 0.343 e. The van der Waals surface area contributed by atoms with Crippen molar-refractivity contribution in [3.63, 3.8) is 0 Å². The van der Waals surface area contributed by atoms with Gasteiger partial charge in [-0.2, -0.15) is 11.8 Å². The van der Waals surface area contributed by atoms with Crippen molar-refractivity contribution in [2.75, 3.05) is 5.75 Å². The lowest BCUT2D eigenvalue weighted by molar-refractivity contribution is -0.142. The van der Waals surface area contributed by atoms with Crippen molar-refractivity contribution < 1.29 is 9.47 Å². The summed E-state index contributed by atoms with van der Waals surface area (Å²) < 4.78 is 11.4. The molecule has 2 heterocycles. The molecule has 2 nitrogen and oxygen atoms in total. The smallest absolute Gasteiger partial charge is 0.164 e. The van der Waals surface area contributed by atoms with Crippen molar-refractivity contribution in [1.82, 2.24) is 0 Å². The Morgan fingerprint density at radius 2 is 2.17 bits per heavy atom. The van der Waals surface area contributed by atoms with Gasteiger partial charge in [-0.15, -0.1) is 6.58 Å². The summed E-state index contributed by atoms with van der Waals surface area (Å²) in [5, 5.41) is 0.634. The Balaban J connectivity index is 2.07. The van der Waals surface area contributed by atoms with Gasteiger partial charge in [0.25, 0.3) is 0 Å². The zero-order valence-electron chi connectivity index (χ0n) is 7.45. The van der Waals surface area contributed by atoms with Gasteiger partial charge in [0.1, 0.15) is 12.2 Å². The maximum Gasteiger partial charge on any atom is 0.164 e. The Hall–Kier alpha value is 0.0100. The SMILES string of the molecule is C=C[C@H]1OC(C)(C)O[C@H]1C1CS1. The average molecular weight is 186 g/mol. The van der Waals surface area contributed by atoms with E-state index in [0.29, 0.717) is 5.25 Å². The number of ether oxygens (including phenoxy) is 2. The van der Waals surface area contributed by atoms with E-state index in [0.717, 1.165) is 0 Å². The van der Waals surface area contributed by atoms with Crippen LogP contribution < -0.4 is 0 Å². The first kappa shape index (κ1) is 8.60. The Labute approximate surface area is 77.3 Å². The third-order valence-corrected chi connectivity index (χ3v) is 3.11. The summed E-state index contributed by atoms with van der Waals surface area (Å²) >= 11 is 1.93. The highest BCUT2D eigenvalue weighted by atomic mass is 32.2. The highest BCUT2D eigenvalue weighted by Crippen LogP contribution is 2.42. The van der Waals surface area contributed by atoms with Crippen LogP contribution in [0.2, 0.25) is 0 Å². The second-order valence-corrected chi connectivity index (χ2v) is 4.94. The van der Waals surface area contributed by atoms with E-state index in [9.17, 15) is 0 Å². The monoisotopic (exact) mass is 186 g/mol. The highest BCUT2D eigenvalue weighted by Gasteiger charge is 2.47. The molecule has 2 rings (SSSR count). The van der Waals surface area contributed by atoms with Crippen LogP contribution in [0.1, 0.15) is 13.8 Å². The molecule has 0 radical (unpaired) electrons.